The van der Waals surface area contributed by atoms with Crippen molar-refractivity contribution in [2.45, 2.75) is 26.9 Å². The van der Waals surface area contributed by atoms with Crippen LogP contribution in [-0.2, 0) is 13.1 Å². The summed E-state index contributed by atoms with van der Waals surface area (Å²) in [4.78, 5) is 32.5. The molecule has 1 fully saturated rings. The Hall–Kier alpha value is -5.96. The third-order valence-corrected chi connectivity index (χ3v) is 8.15. The number of amidine groups is 1. The Morgan fingerprint density at radius 2 is 1.71 bits per heavy atom. The number of carbonyl (C=O) groups is 1. The van der Waals surface area contributed by atoms with Crippen LogP contribution in [0.5, 0.6) is 11.5 Å². The molecule has 5 aromatic rings. The molecule has 3 aromatic carbocycles. The number of para-hydroxylation sites is 1. The molecule has 0 aliphatic carbocycles. The van der Waals surface area contributed by atoms with Crippen molar-refractivity contribution in [2.24, 2.45) is 4.99 Å². The van der Waals surface area contributed by atoms with Crippen LogP contribution < -0.4 is 14.4 Å². The predicted molar refractivity (Wildman–Crippen MR) is 183 cm³/mol. The predicted octanol–water partition coefficient (Wildman–Crippen LogP) is 4.97. The normalized spacial score (nSPS) is 13.3. The van der Waals surface area contributed by atoms with Gasteiger partial charge in [-0.05, 0) is 61.4 Å². The lowest BCUT2D eigenvalue weighted by atomic mass is 10.1. The molecule has 0 bridgehead atoms. The summed E-state index contributed by atoms with van der Waals surface area (Å²) in [5.74, 6) is 2.24. The Balaban J connectivity index is 1.07. The quantitative estimate of drug-likeness (QED) is 0.118. The SMILES string of the molecule is CCOc1cccc(Cn2ncc3c(N4CCN(C(=O)c5ccc(CN(CC)C(=NC#N)Oc6ccccc6)cc5)CC4)ncnc32)c1. The number of aliphatic imine (C=N–C) groups is 1. The average Bonchev–Trinajstić information content (AvgIpc) is 3.54. The van der Waals surface area contributed by atoms with Crippen molar-refractivity contribution in [3.8, 4) is 17.7 Å². The number of anilines is 1. The number of nitriles is 1. The number of piperazine rings is 1. The van der Waals surface area contributed by atoms with Gasteiger partial charge in [0.1, 0.15) is 23.6 Å². The fourth-order valence-electron chi connectivity index (χ4n) is 5.71. The van der Waals surface area contributed by atoms with E-state index in [1.54, 1.807) is 6.33 Å². The van der Waals surface area contributed by atoms with Gasteiger partial charge in [0.2, 0.25) is 6.19 Å². The monoisotopic (exact) mass is 643 g/mol. The van der Waals surface area contributed by atoms with Crippen molar-refractivity contribution >= 4 is 28.8 Å². The van der Waals surface area contributed by atoms with Gasteiger partial charge in [0.25, 0.3) is 5.91 Å². The fraction of sp³-hybridized carbons (Fsp3) is 0.278. The first-order valence-corrected chi connectivity index (χ1v) is 16.0. The number of hydrogen-bond donors (Lipinski definition) is 0. The van der Waals surface area contributed by atoms with Crippen molar-refractivity contribution in [1.29, 1.82) is 5.26 Å². The highest BCUT2D eigenvalue weighted by molar-refractivity contribution is 5.94. The number of hydrogen-bond acceptors (Lipinski definition) is 9. The molecule has 1 amide bonds. The molecule has 2 aromatic heterocycles. The van der Waals surface area contributed by atoms with Crippen LogP contribution in [0.3, 0.4) is 0 Å². The average molecular weight is 644 g/mol. The van der Waals surface area contributed by atoms with Crippen molar-refractivity contribution < 1.29 is 14.3 Å². The number of rotatable bonds is 10. The van der Waals surface area contributed by atoms with E-state index in [0.717, 1.165) is 33.7 Å². The Morgan fingerprint density at radius 1 is 0.938 bits per heavy atom. The molecule has 0 radical (unpaired) electrons. The minimum absolute atomic E-state index is 0.0115. The van der Waals surface area contributed by atoms with Gasteiger partial charge in [0, 0.05) is 44.8 Å². The molecule has 6 rings (SSSR count). The van der Waals surface area contributed by atoms with Crippen molar-refractivity contribution in [3.05, 3.63) is 108 Å². The molecule has 0 unspecified atom stereocenters. The van der Waals surface area contributed by atoms with Crippen molar-refractivity contribution in [1.82, 2.24) is 29.5 Å². The summed E-state index contributed by atoms with van der Waals surface area (Å²) < 4.78 is 13.4. The topological polar surface area (TPSA) is 125 Å². The van der Waals surface area contributed by atoms with Crippen molar-refractivity contribution in [2.75, 3.05) is 44.2 Å². The molecular formula is C36H37N9O3. The summed E-state index contributed by atoms with van der Waals surface area (Å²) in [6.45, 7) is 8.60. The molecule has 0 atom stereocenters. The van der Waals surface area contributed by atoms with E-state index in [1.807, 2.05) is 120 Å². The van der Waals surface area contributed by atoms with Gasteiger partial charge in [-0.3, -0.25) is 4.79 Å². The van der Waals surface area contributed by atoms with Crippen molar-refractivity contribution in [3.63, 3.8) is 0 Å². The molecule has 1 aliphatic heterocycles. The lowest BCUT2D eigenvalue weighted by Crippen LogP contribution is -2.49. The van der Waals surface area contributed by atoms with Gasteiger partial charge in [-0.15, -0.1) is 4.99 Å². The van der Waals surface area contributed by atoms with Crippen LogP contribution in [0.15, 0.2) is 96.4 Å². The van der Waals surface area contributed by atoms with E-state index in [4.69, 9.17) is 9.47 Å². The molecule has 1 saturated heterocycles. The first-order valence-electron chi connectivity index (χ1n) is 16.0. The first-order chi connectivity index (χ1) is 23.6. The number of aromatic nitrogens is 4. The third-order valence-electron chi connectivity index (χ3n) is 8.15. The number of carbonyl (C=O) groups excluding carboxylic acids is 1. The Morgan fingerprint density at radius 3 is 2.44 bits per heavy atom. The van der Waals surface area contributed by atoms with Crippen LogP contribution in [0, 0.1) is 11.5 Å². The van der Waals surface area contributed by atoms with Gasteiger partial charge in [-0.25, -0.2) is 14.6 Å². The maximum atomic E-state index is 13.5. The highest BCUT2D eigenvalue weighted by Crippen LogP contribution is 2.25. The summed E-state index contributed by atoms with van der Waals surface area (Å²) in [7, 11) is 0. The minimum Gasteiger partial charge on any atom is -0.494 e. The van der Waals surface area contributed by atoms with Crippen LogP contribution in [0.4, 0.5) is 5.82 Å². The zero-order valence-electron chi connectivity index (χ0n) is 27.1. The molecular weight excluding hydrogens is 606 g/mol. The summed E-state index contributed by atoms with van der Waals surface area (Å²) in [6, 6.07) is 25.0. The highest BCUT2D eigenvalue weighted by Gasteiger charge is 2.25. The molecule has 3 heterocycles. The lowest BCUT2D eigenvalue weighted by Gasteiger charge is -2.35. The number of nitrogens with zero attached hydrogens (tertiary/aromatic N) is 9. The Kier molecular flexibility index (Phi) is 10.1. The molecule has 0 spiro atoms. The lowest BCUT2D eigenvalue weighted by molar-refractivity contribution is 0.0746. The van der Waals surface area contributed by atoms with Gasteiger partial charge in [-0.2, -0.15) is 10.4 Å². The van der Waals surface area contributed by atoms with Gasteiger partial charge in [0.15, 0.2) is 5.65 Å². The van der Waals surface area contributed by atoms with Gasteiger partial charge in [-0.1, -0.05) is 42.5 Å². The zero-order valence-corrected chi connectivity index (χ0v) is 27.1. The number of fused-ring (bicyclic) bond motifs is 1. The summed E-state index contributed by atoms with van der Waals surface area (Å²) >= 11 is 0. The molecule has 12 heteroatoms. The number of ether oxygens (including phenoxy) is 2. The second-order valence-corrected chi connectivity index (χ2v) is 11.2. The fourth-order valence-corrected chi connectivity index (χ4v) is 5.71. The molecule has 48 heavy (non-hydrogen) atoms. The molecule has 0 N–H and O–H groups in total. The zero-order chi connectivity index (χ0) is 33.3. The van der Waals surface area contributed by atoms with Gasteiger partial charge < -0.3 is 24.2 Å². The van der Waals surface area contributed by atoms with Gasteiger partial charge in [0.05, 0.1) is 24.7 Å². The maximum absolute atomic E-state index is 13.5. The van der Waals surface area contributed by atoms with E-state index in [2.05, 4.69) is 25.0 Å². The first kappa shape index (κ1) is 32.0. The van der Waals surface area contributed by atoms with E-state index < -0.39 is 0 Å². The van der Waals surface area contributed by atoms with Crippen LogP contribution in [0.1, 0.15) is 35.3 Å². The Labute approximate surface area is 279 Å². The third kappa shape index (κ3) is 7.36. The Bertz CT molecular complexity index is 1910. The standard InChI is InChI=1S/C36H37N9O3/c1-3-42(36(38-25-37)48-30-10-6-5-7-11-30)23-27-13-15-29(16-14-27)35(46)44-19-17-43(18-20-44)33-32-22-41-45(34(32)40-26-39-33)24-28-9-8-12-31(21-28)47-4-2/h5-16,21-22,26H,3-4,17-20,23-24H2,1-2H3. The van der Waals surface area contributed by atoms with Crippen LogP contribution in [0.25, 0.3) is 11.0 Å². The van der Waals surface area contributed by atoms with E-state index >= 15 is 0 Å². The molecule has 244 valence electrons. The van der Waals surface area contributed by atoms with E-state index in [0.29, 0.717) is 63.7 Å². The number of benzene rings is 3. The largest absolute Gasteiger partial charge is 0.494 e. The van der Waals surface area contributed by atoms with Crippen LogP contribution in [-0.4, -0.2) is 80.8 Å². The maximum Gasteiger partial charge on any atom is 0.308 e. The molecule has 12 nitrogen and oxygen atoms in total. The summed E-state index contributed by atoms with van der Waals surface area (Å²) in [5.41, 5.74) is 3.43. The van der Waals surface area contributed by atoms with E-state index in [1.165, 1.54) is 0 Å². The second kappa shape index (κ2) is 15.1. The smallest absolute Gasteiger partial charge is 0.308 e. The summed E-state index contributed by atoms with van der Waals surface area (Å²) in [5, 5.41) is 14.7. The minimum atomic E-state index is -0.0115. The molecule has 0 saturated carbocycles. The second-order valence-electron chi connectivity index (χ2n) is 11.2. The van der Waals surface area contributed by atoms with E-state index in [9.17, 15) is 10.1 Å². The van der Waals surface area contributed by atoms with Crippen LogP contribution in [0.2, 0.25) is 0 Å². The number of amides is 1. The van der Waals surface area contributed by atoms with Gasteiger partial charge >= 0.3 is 6.02 Å². The van der Waals surface area contributed by atoms with Crippen LogP contribution >= 0.6 is 0 Å². The van der Waals surface area contributed by atoms with E-state index in [-0.39, 0.29) is 11.9 Å². The summed E-state index contributed by atoms with van der Waals surface area (Å²) in [6.07, 6.45) is 5.23. The molecule has 1 aliphatic rings. The highest BCUT2D eigenvalue weighted by atomic mass is 16.5.